The van der Waals surface area contributed by atoms with E-state index in [1.165, 1.54) is 32.9 Å². The molecule has 1 heterocycles. The molecule has 3 aromatic rings. The monoisotopic (exact) mass is 500 g/mol. The van der Waals surface area contributed by atoms with Crippen molar-refractivity contribution in [2.45, 2.75) is 43.9 Å². The van der Waals surface area contributed by atoms with E-state index >= 15 is 0 Å². The van der Waals surface area contributed by atoms with Crippen molar-refractivity contribution < 1.29 is 21.6 Å². The van der Waals surface area contributed by atoms with Gasteiger partial charge in [-0.1, -0.05) is 66.7 Å². The van der Waals surface area contributed by atoms with E-state index in [4.69, 9.17) is 4.99 Å². The predicted octanol–water partition coefficient (Wildman–Crippen LogP) is 6.51. The Balaban J connectivity index is 1.91. The molecule has 3 aromatic carbocycles. The van der Waals surface area contributed by atoms with Gasteiger partial charge in [0.1, 0.15) is 5.82 Å². The molecule has 1 saturated heterocycles. The van der Waals surface area contributed by atoms with Crippen molar-refractivity contribution in [3.8, 4) is 0 Å². The topological polar surface area (TPSA) is 49.7 Å². The highest BCUT2D eigenvalue weighted by atomic mass is 32.2. The van der Waals surface area contributed by atoms with Crippen LogP contribution in [0.15, 0.2) is 83.9 Å². The Morgan fingerprint density at radius 1 is 0.943 bits per heavy atom. The van der Waals surface area contributed by atoms with Crippen molar-refractivity contribution in [3.63, 3.8) is 0 Å². The van der Waals surface area contributed by atoms with Crippen molar-refractivity contribution in [2.24, 2.45) is 4.99 Å². The van der Waals surface area contributed by atoms with Gasteiger partial charge in [-0.3, -0.25) is 0 Å². The van der Waals surface area contributed by atoms with Gasteiger partial charge in [0.2, 0.25) is 10.0 Å². The maximum atomic E-state index is 14.6. The Kier molecular flexibility index (Phi) is 6.64. The van der Waals surface area contributed by atoms with Crippen molar-refractivity contribution in [1.82, 2.24) is 4.31 Å². The number of nitrogens with zero attached hydrogens (tertiary/aromatic N) is 2. The molecule has 1 atom stereocenters. The van der Waals surface area contributed by atoms with Crippen LogP contribution < -0.4 is 0 Å². The lowest BCUT2D eigenvalue weighted by molar-refractivity contribution is 0.0170. The average Bonchev–Trinajstić information content (AvgIpc) is 3.14. The maximum Gasteiger partial charge on any atom is 0.263 e. The van der Waals surface area contributed by atoms with E-state index < -0.39 is 45.5 Å². The fraction of sp³-hybridized carbons (Fsp3) is 0.296. The first-order valence-corrected chi connectivity index (χ1v) is 12.7. The normalized spacial score (nSPS) is 18.4. The number of hydrogen-bond donors (Lipinski definition) is 0. The van der Waals surface area contributed by atoms with E-state index in [1.807, 2.05) is 60.7 Å². The molecular weight excluding hydrogens is 473 g/mol. The molecule has 4 nitrogen and oxygen atoms in total. The summed E-state index contributed by atoms with van der Waals surface area (Å²) in [5, 5.41) is 0. The van der Waals surface area contributed by atoms with Gasteiger partial charge in [0, 0.05) is 17.5 Å². The van der Waals surface area contributed by atoms with Crippen LogP contribution in [0.2, 0.25) is 0 Å². The van der Waals surface area contributed by atoms with Crippen molar-refractivity contribution >= 4 is 21.4 Å². The van der Waals surface area contributed by atoms with E-state index in [2.05, 4.69) is 0 Å². The lowest BCUT2D eigenvalue weighted by atomic mass is 10.00. The van der Waals surface area contributed by atoms with Gasteiger partial charge in [-0.15, -0.1) is 0 Å². The summed E-state index contributed by atoms with van der Waals surface area (Å²) in [5.41, 5.74) is 2.38. The van der Waals surface area contributed by atoms with Crippen LogP contribution in [0.25, 0.3) is 0 Å². The van der Waals surface area contributed by atoms with Gasteiger partial charge >= 0.3 is 0 Å². The average molecular weight is 501 g/mol. The molecule has 1 aliphatic rings. The van der Waals surface area contributed by atoms with Crippen LogP contribution in [-0.4, -0.2) is 35.6 Å². The van der Waals surface area contributed by atoms with Crippen molar-refractivity contribution in [3.05, 3.63) is 101 Å². The third-order valence-electron chi connectivity index (χ3n) is 5.99. The first-order valence-electron chi connectivity index (χ1n) is 11.3. The molecule has 0 amide bonds. The Morgan fingerprint density at radius 3 is 2.00 bits per heavy atom. The van der Waals surface area contributed by atoms with Crippen LogP contribution in [0.3, 0.4) is 0 Å². The van der Waals surface area contributed by atoms with E-state index in [0.717, 1.165) is 21.5 Å². The summed E-state index contributed by atoms with van der Waals surface area (Å²) in [6.45, 7) is 3.50. The lowest BCUT2D eigenvalue weighted by Gasteiger charge is -2.31. The summed E-state index contributed by atoms with van der Waals surface area (Å²) in [4.78, 5) is 4.74. The van der Waals surface area contributed by atoms with Gasteiger partial charge < -0.3 is 0 Å². The van der Waals surface area contributed by atoms with Crippen LogP contribution in [0.1, 0.15) is 49.9 Å². The molecule has 1 aliphatic heterocycles. The number of aliphatic imine (C=N–C) groups is 1. The SMILES string of the molecule is CC(C)(C)S(=O)(=O)N1CC(F)(F)C[C@@H]1c1ccc(F)cc1N=C(c1ccccc1)c1ccccc1. The molecule has 0 spiro atoms. The summed E-state index contributed by atoms with van der Waals surface area (Å²) < 4.78 is 69.8. The molecule has 184 valence electrons. The van der Waals surface area contributed by atoms with Gasteiger partial charge in [-0.05, 0) is 38.5 Å². The predicted molar refractivity (Wildman–Crippen MR) is 132 cm³/mol. The Bertz CT molecular complexity index is 1290. The third kappa shape index (κ3) is 5.18. The summed E-state index contributed by atoms with van der Waals surface area (Å²) >= 11 is 0. The highest BCUT2D eigenvalue weighted by Crippen LogP contribution is 2.47. The van der Waals surface area contributed by atoms with E-state index in [0.29, 0.717) is 5.71 Å². The molecule has 0 aliphatic carbocycles. The largest absolute Gasteiger partial charge is 0.263 e. The number of rotatable bonds is 5. The minimum Gasteiger partial charge on any atom is -0.247 e. The maximum absolute atomic E-state index is 14.6. The summed E-state index contributed by atoms with van der Waals surface area (Å²) in [6.07, 6.45) is -0.706. The molecule has 8 heteroatoms. The van der Waals surface area contributed by atoms with Crippen LogP contribution in [-0.2, 0) is 10.0 Å². The minimum absolute atomic E-state index is 0.115. The van der Waals surface area contributed by atoms with Gasteiger partial charge in [-0.2, -0.15) is 4.31 Å². The highest BCUT2D eigenvalue weighted by molar-refractivity contribution is 7.90. The summed E-state index contributed by atoms with van der Waals surface area (Å²) in [7, 11) is -4.09. The van der Waals surface area contributed by atoms with Gasteiger partial charge in [-0.25, -0.2) is 26.6 Å². The molecule has 0 bridgehead atoms. The highest BCUT2D eigenvalue weighted by Gasteiger charge is 2.53. The number of hydrogen-bond acceptors (Lipinski definition) is 3. The van der Waals surface area contributed by atoms with Crippen LogP contribution in [0, 0.1) is 5.82 Å². The quantitative estimate of drug-likeness (QED) is 0.375. The molecule has 0 N–H and O–H groups in total. The number of alkyl halides is 2. The molecule has 4 rings (SSSR count). The second kappa shape index (κ2) is 9.24. The van der Waals surface area contributed by atoms with Gasteiger partial charge in [0.05, 0.1) is 28.7 Å². The molecule has 1 fully saturated rings. The molecule has 0 unspecified atom stereocenters. The van der Waals surface area contributed by atoms with Crippen LogP contribution >= 0.6 is 0 Å². The lowest BCUT2D eigenvalue weighted by Crippen LogP contribution is -2.43. The molecule has 0 saturated carbocycles. The molecule has 35 heavy (non-hydrogen) atoms. The summed E-state index contributed by atoms with van der Waals surface area (Å²) in [5.74, 6) is -3.82. The Hall–Kier alpha value is -2.97. The van der Waals surface area contributed by atoms with E-state index in [1.54, 1.807) is 0 Å². The fourth-order valence-electron chi connectivity index (χ4n) is 4.16. The van der Waals surface area contributed by atoms with Gasteiger partial charge in [0.25, 0.3) is 5.92 Å². The fourth-order valence-corrected chi connectivity index (χ4v) is 5.75. The van der Waals surface area contributed by atoms with Crippen LogP contribution in [0.4, 0.5) is 18.9 Å². The smallest absolute Gasteiger partial charge is 0.247 e. The van der Waals surface area contributed by atoms with E-state index in [9.17, 15) is 21.6 Å². The molecular formula is C27H27F3N2O2S. The number of benzene rings is 3. The zero-order chi connectivity index (χ0) is 25.4. The first-order chi connectivity index (χ1) is 16.4. The van der Waals surface area contributed by atoms with Gasteiger partial charge in [0.15, 0.2) is 0 Å². The minimum atomic E-state index is -4.09. The second-order valence-electron chi connectivity index (χ2n) is 9.63. The number of halogens is 3. The zero-order valence-corrected chi connectivity index (χ0v) is 20.6. The first kappa shape index (κ1) is 25.1. The molecule has 0 aromatic heterocycles. The Labute approximate surface area is 204 Å². The third-order valence-corrected chi connectivity index (χ3v) is 8.54. The zero-order valence-electron chi connectivity index (χ0n) is 19.8. The van der Waals surface area contributed by atoms with Crippen LogP contribution in [0.5, 0.6) is 0 Å². The van der Waals surface area contributed by atoms with Crippen molar-refractivity contribution in [2.75, 3.05) is 6.54 Å². The van der Waals surface area contributed by atoms with Crippen molar-refractivity contribution in [1.29, 1.82) is 0 Å². The number of sulfonamides is 1. The Morgan fingerprint density at radius 2 is 1.49 bits per heavy atom. The molecule has 0 radical (unpaired) electrons. The van der Waals surface area contributed by atoms with E-state index in [-0.39, 0.29) is 11.3 Å². The summed E-state index contributed by atoms with van der Waals surface area (Å²) in [6, 6.07) is 21.0. The standard InChI is InChI=1S/C27H27F3N2O2S/c1-26(2,3)35(33,34)32-18-27(29,30)17-24(32)22-15-14-21(28)16-23(22)31-25(19-10-6-4-7-11-19)20-12-8-5-9-13-20/h4-16,24H,17-18H2,1-3H3/t24-/m1/s1. The second-order valence-corrected chi connectivity index (χ2v) is 12.3.